The highest BCUT2D eigenvalue weighted by Gasteiger charge is 2.51. The zero-order chi connectivity index (χ0) is 14.4. The molecule has 2 unspecified atom stereocenters. The van der Waals surface area contributed by atoms with Crippen molar-refractivity contribution in [2.45, 2.75) is 63.5 Å². The summed E-state index contributed by atoms with van der Waals surface area (Å²) in [6.07, 6.45) is 8.73. The van der Waals surface area contributed by atoms with E-state index in [0.29, 0.717) is 5.92 Å². The van der Waals surface area contributed by atoms with E-state index in [-0.39, 0.29) is 17.7 Å². The molecule has 5 fully saturated rings. The van der Waals surface area contributed by atoms with Gasteiger partial charge in [0.25, 0.3) is 0 Å². The van der Waals surface area contributed by atoms with E-state index in [4.69, 9.17) is 4.74 Å². The van der Waals surface area contributed by atoms with E-state index in [9.17, 15) is 4.79 Å². The molecule has 4 aliphatic carbocycles. The lowest BCUT2D eigenvalue weighted by Gasteiger charge is -2.56. The van der Waals surface area contributed by atoms with E-state index in [1.54, 1.807) is 0 Å². The van der Waals surface area contributed by atoms with Gasteiger partial charge in [0.05, 0.1) is 0 Å². The van der Waals surface area contributed by atoms with Crippen LogP contribution in [-0.2, 0) is 4.74 Å². The molecule has 2 N–H and O–H groups in total. The topological polar surface area (TPSA) is 50.4 Å². The van der Waals surface area contributed by atoms with Gasteiger partial charge in [0, 0.05) is 12.1 Å². The van der Waals surface area contributed by atoms with Gasteiger partial charge in [0.1, 0.15) is 6.10 Å². The summed E-state index contributed by atoms with van der Waals surface area (Å²) in [7, 11) is 0. The molecule has 5 aliphatic rings. The number of carbonyl (C=O) groups is 1. The summed E-state index contributed by atoms with van der Waals surface area (Å²) in [6, 6.07) is 0. The summed E-state index contributed by atoms with van der Waals surface area (Å²) in [4.78, 5) is 12.4. The number of nitrogens with one attached hydrogen (secondary N) is 2. The molecule has 2 atom stereocenters. The minimum Gasteiger partial charge on any atom is -0.445 e. The van der Waals surface area contributed by atoms with Crippen molar-refractivity contribution in [3.63, 3.8) is 0 Å². The van der Waals surface area contributed by atoms with Crippen LogP contribution in [0.4, 0.5) is 4.79 Å². The highest BCUT2D eigenvalue weighted by Crippen LogP contribution is 2.55. The van der Waals surface area contributed by atoms with E-state index in [0.717, 1.165) is 37.3 Å². The molecule has 118 valence electrons. The maximum Gasteiger partial charge on any atom is 0.407 e. The van der Waals surface area contributed by atoms with Crippen LogP contribution in [-0.4, -0.2) is 30.8 Å². The summed E-state index contributed by atoms with van der Waals surface area (Å²) in [5.41, 5.74) is 0.0666. The van der Waals surface area contributed by atoms with Gasteiger partial charge in [-0.3, -0.25) is 0 Å². The number of ether oxygens (including phenoxy) is 1. The van der Waals surface area contributed by atoms with Crippen LogP contribution in [0.15, 0.2) is 0 Å². The molecule has 0 aromatic rings. The number of alkyl carbamates (subject to hydrolysis) is 1. The van der Waals surface area contributed by atoms with Crippen molar-refractivity contribution in [3.05, 3.63) is 0 Å². The average molecular weight is 292 g/mol. The van der Waals surface area contributed by atoms with Crippen LogP contribution in [0.3, 0.4) is 0 Å². The van der Waals surface area contributed by atoms with Gasteiger partial charge in [-0.05, 0) is 75.2 Å². The molecule has 1 amide bonds. The van der Waals surface area contributed by atoms with E-state index in [1.807, 2.05) is 0 Å². The fourth-order valence-corrected chi connectivity index (χ4v) is 5.77. The summed E-state index contributed by atoms with van der Waals surface area (Å²) in [5.74, 6) is 3.03. The second-order valence-electron chi connectivity index (χ2n) is 8.24. The molecule has 1 saturated heterocycles. The predicted molar refractivity (Wildman–Crippen MR) is 81.0 cm³/mol. The zero-order valence-electron chi connectivity index (χ0n) is 13.1. The molecule has 21 heavy (non-hydrogen) atoms. The number of hydrogen-bond donors (Lipinski definition) is 2. The average Bonchev–Trinajstić information content (AvgIpc) is 2.39. The summed E-state index contributed by atoms with van der Waals surface area (Å²) in [6.45, 7) is 4.02. The molecular weight excluding hydrogens is 264 g/mol. The molecule has 0 spiro atoms. The zero-order valence-corrected chi connectivity index (χ0v) is 13.1. The minimum atomic E-state index is -0.169. The standard InChI is InChI=1S/C17H28N2O2/c1-11-2-3-18-10-15(11)21-16(20)19-17-7-12-4-13(8-17)6-14(5-12)9-17/h11-15,18H,2-10H2,1H3,(H,19,20). The van der Waals surface area contributed by atoms with Crippen LogP contribution in [0.5, 0.6) is 0 Å². The van der Waals surface area contributed by atoms with Crippen molar-refractivity contribution in [1.82, 2.24) is 10.6 Å². The second kappa shape index (κ2) is 5.15. The van der Waals surface area contributed by atoms with Crippen molar-refractivity contribution in [1.29, 1.82) is 0 Å². The van der Waals surface area contributed by atoms with Crippen molar-refractivity contribution in [2.24, 2.45) is 23.7 Å². The predicted octanol–water partition coefficient (Wildman–Crippen LogP) is 2.68. The fraction of sp³-hybridized carbons (Fsp3) is 0.941. The van der Waals surface area contributed by atoms with Gasteiger partial charge >= 0.3 is 6.09 Å². The summed E-state index contributed by atoms with van der Waals surface area (Å²) < 4.78 is 5.73. The quantitative estimate of drug-likeness (QED) is 0.822. The maximum atomic E-state index is 12.4. The molecule has 4 heteroatoms. The van der Waals surface area contributed by atoms with Crippen molar-refractivity contribution < 1.29 is 9.53 Å². The molecule has 4 saturated carbocycles. The number of carbonyl (C=O) groups excluding carboxylic acids is 1. The van der Waals surface area contributed by atoms with Crippen molar-refractivity contribution in [3.8, 4) is 0 Å². The van der Waals surface area contributed by atoms with Crippen LogP contribution >= 0.6 is 0 Å². The lowest BCUT2D eigenvalue weighted by molar-refractivity contribution is -0.0255. The SMILES string of the molecule is CC1CCNCC1OC(=O)NC12CC3CC(CC(C3)C1)C2. The first-order chi connectivity index (χ1) is 10.1. The van der Waals surface area contributed by atoms with Crippen molar-refractivity contribution >= 4 is 6.09 Å². The van der Waals surface area contributed by atoms with Crippen LogP contribution in [0.2, 0.25) is 0 Å². The molecule has 4 bridgehead atoms. The first-order valence-electron chi connectivity index (χ1n) is 8.81. The molecule has 1 aliphatic heterocycles. The van der Waals surface area contributed by atoms with Crippen LogP contribution < -0.4 is 10.6 Å². The van der Waals surface area contributed by atoms with Crippen molar-refractivity contribution in [2.75, 3.05) is 13.1 Å². The molecule has 0 radical (unpaired) electrons. The maximum absolute atomic E-state index is 12.4. The van der Waals surface area contributed by atoms with Gasteiger partial charge in [0.15, 0.2) is 0 Å². The smallest absolute Gasteiger partial charge is 0.407 e. The molecule has 0 aromatic carbocycles. The monoisotopic (exact) mass is 292 g/mol. The third-order valence-electron chi connectivity index (χ3n) is 6.42. The van der Waals surface area contributed by atoms with E-state index < -0.39 is 0 Å². The Morgan fingerprint density at radius 1 is 1.14 bits per heavy atom. The van der Waals surface area contributed by atoms with Gasteiger partial charge in [-0.2, -0.15) is 0 Å². The normalized spacial score (nSPS) is 48.1. The number of amides is 1. The summed E-state index contributed by atoms with van der Waals surface area (Å²) >= 11 is 0. The Balaban J connectivity index is 1.38. The third-order valence-corrected chi connectivity index (χ3v) is 6.42. The second-order valence-corrected chi connectivity index (χ2v) is 8.24. The van der Waals surface area contributed by atoms with Gasteiger partial charge in [-0.25, -0.2) is 4.79 Å². The highest BCUT2D eigenvalue weighted by molar-refractivity contribution is 5.68. The Hall–Kier alpha value is -0.770. The lowest BCUT2D eigenvalue weighted by Crippen LogP contribution is -2.60. The van der Waals surface area contributed by atoms with E-state index in [2.05, 4.69) is 17.6 Å². The Morgan fingerprint density at radius 2 is 1.76 bits per heavy atom. The minimum absolute atomic E-state index is 0.0349. The van der Waals surface area contributed by atoms with Crippen LogP contribution in [0.25, 0.3) is 0 Å². The van der Waals surface area contributed by atoms with Gasteiger partial charge in [-0.1, -0.05) is 6.92 Å². The lowest BCUT2D eigenvalue weighted by atomic mass is 9.53. The first-order valence-corrected chi connectivity index (χ1v) is 8.81. The number of rotatable bonds is 2. The Kier molecular flexibility index (Phi) is 3.40. The van der Waals surface area contributed by atoms with Gasteiger partial charge < -0.3 is 15.4 Å². The molecule has 5 rings (SSSR count). The van der Waals surface area contributed by atoms with E-state index in [1.165, 1.54) is 38.5 Å². The highest BCUT2D eigenvalue weighted by atomic mass is 16.6. The van der Waals surface area contributed by atoms with Crippen LogP contribution in [0, 0.1) is 23.7 Å². The Labute approximate surface area is 127 Å². The Morgan fingerprint density at radius 3 is 2.33 bits per heavy atom. The molecule has 0 aromatic heterocycles. The number of piperidine rings is 1. The molecule has 1 heterocycles. The van der Waals surface area contributed by atoms with Crippen LogP contribution in [0.1, 0.15) is 51.9 Å². The van der Waals surface area contributed by atoms with E-state index >= 15 is 0 Å². The Bertz CT molecular complexity index is 388. The van der Waals surface area contributed by atoms with Gasteiger partial charge in [0.2, 0.25) is 0 Å². The molecular formula is C17H28N2O2. The number of hydrogen-bond acceptors (Lipinski definition) is 3. The van der Waals surface area contributed by atoms with Gasteiger partial charge in [-0.15, -0.1) is 0 Å². The fourth-order valence-electron chi connectivity index (χ4n) is 5.77. The summed E-state index contributed by atoms with van der Waals surface area (Å²) in [5, 5.41) is 6.63. The first kappa shape index (κ1) is 13.9. The third kappa shape index (κ3) is 2.67. The molecule has 4 nitrogen and oxygen atoms in total. The largest absolute Gasteiger partial charge is 0.445 e.